The molecular formula is C14H19ClN2O3. The zero-order valence-corrected chi connectivity index (χ0v) is 12.1. The molecule has 1 aromatic carbocycles. The van der Waals surface area contributed by atoms with Gasteiger partial charge in [-0.25, -0.2) is 0 Å². The third-order valence-electron chi connectivity index (χ3n) is 2.88. The van der Waals surface area contributed by atoms with Gasteiger partial charge in [0, 0.05) is 17.5 Å². The largest absolute Gasteiger partial charge is 0.481 e. The molecule has 1 rings (SSSR count). The first-order chi connectivity index (χ1) is 9.40. The Labute approximate surface area is 123 Å². The van der Waals surface area contributed by atoms with Gasteiger partial charge >= 0.3 is 5.97 Å². The number of benzene rings is 1. The average Bonchev–Trinajstić information content (AvgIpc) is 2.38. The fourth-order valence-corrected chi connectivity index (χ4v) is 2.02. The van der Waals surface area contributed by atoms with Gasteiger partial charge in [0.05, 0.1) is 6.04 Å². The summed E-state index contributed by atoms with van der Waals surface area (Å²) in [6, 6.07) is 6.49. The molecule has 0 heterocycles. The third-order valence-corrected chi connectivity index (χ3v) is 3.25. The summed E-state index contributed by atoms with van der Waals surface area (Å²) in [6.07, 6.45) is 0.602. The third kappa shape index (κ3) is 5.59. The molecule has 20 heavy (non-hydrogen) atoms. The van der Waals surface area contributed by atoms with Gasteiger partial charge in [0.2, 0.25) is 5.91 Å². The summed E-state index contributed by atoms with van der Waals surface area (Å²) in [5.41, 5.74) is 6.58. The van der Waals surface area contributed by atoms with Crippen LogP contribution in [0.1, 0.15) is 25.3 Å². The zero-order valence-electron chi connectivity index (χ0n) is 11.3. The molecule has 0 aliphatic carbocycles. The average molecular weight is 299 g/mol. The van der Waals surface area contributed by atoms with Crippen molar-refractivity contribution in [3.8, 4) is 0 Å². The Morgan fingerprint density at radius 2 is 2.05 bits per heavy atom. The first-order valence-corrected chi connectivity index (χ1v) is 6.79. The zero-order chi connectivity index (χ0) is 15.1. The standard InChI is InChI=1S/C14H19ClN2O3/c1-9(8-10-4-2-3-5-11(10)15)17-14(20)12(16)6-7-13(18)19/h2-5,9,12H,6-8,16H2,1H3,(H,17,20)(H,18,19). The predicted molar refractivity (Wildman–Crippen MR) is 77.6 cm³/mol. The van der Waals surface area contributed by atoms with E-state index >= 15 is 0 Å². The van der Waals surface area contributed by atoms with Crippen LogP contribution in [0.15, 0.2) is 24.3 Å². The maximum Gasteiger partial charge on any atom is 0.303 e. The minimum atomic E-state index is -0.961. The lowest BCUT2D eigenvalue weighted by atomic mass is 10.1. The Morgan fingerprint density at radius 1 is 1.40 bits per heavy atom. The number of amides is 1. The molecule has 0 aromatic heterocycles. The van der Waals surface area contributed by atoms with Crippen molar-refractivity contribution in [2.75, 3.05) is 0 Å². The van der Waals surface area contributed by atoms with Crippen LogP contribution in [0.25, 0.3) is 0 Å². The minimum absolute atomic E-state index is 0.118. The lowest BCUT2D eigenvalue weighted by Gasteiger charge is -2.17. The molecule has 0 fully saturated rings. The number of carboxylic acid groups (broad SMARTS) is 1. The quantitative estimate of drug-likeness (QED) is 0.712. The van der Waals surface area contributed by atoms with Crippen LogP contribution in [-0.2, 0) is 16.0 Å². The Balaban J connectivity index is 2.45. The summed E-state index contributed by atoms with van der Waals surface area (Å²) in [5.74, 6) is -1.30. The van der Waals surface area contributed by atoms with Crippen molar-refractivity contribution < 1.29 is 14.7 Å². The summed E-state index contributed by atoms with van der Waals surface area (Å²) in [7, 11) is 0. The number of hydrogen-bond donors (Lipinski definition) is 3. The number of hydrogen-bond acceptors (Lipinski definition) is 3. The van der Waals surface area contributed by atoms with E-state index in [0.717, 1.165) is 5.56 Å². The summed E-state index contributed by atoms with van der Waals surface area (Å²) < 4.78 is 0. The van der Waals surface area contributed by atoms with E-state index in [9.17, 15) is 9.59 Å². The van der Waals surface area contributed by atoms with Crippen molar-refractivity contribution in [3.63, 3.8) is 0 Å². The highest BCUT2D eigenvalue weighted by Crippen LogP contribution is 2.16. The fourth-order valence-electron chi connectivity index (χ4n) is 1.80. The smallest absolute Gasteiger partial charge is 0.303 e. The molecule has 0 saturated carbocycles. The van der Waals surface area contributed by atoms with Gasteiger partial charge in [-0.3, -0.25) is 9.59 Å². The van der Waals surface area contributed by atoms with Gasteiger partial charge < -0.3 is 16.2 Å². The molecule has 0 saturated heterocycles. The SMILES string of the molecule is CC(Cc1ccccc1Cl)NC(=O)C(N)CCC(=O)O. The monoisotopic (exact) mass is 298 g/mol. The summed E-state index contributed by atoms with van der Waals surface area (Å²) in [5, 5.41) is 12.0. The van der Waals surface area contributed by atoms with E-state index in [4.69, 9.17) is 22.4 Å². The molecule has 0 bridgehead atoms. The van der Waals surface area contributed by atoms with Gasteiger partial charge in [-0.1, -0.05) is 29.8 Å². The van der Waals surface area contributed by atoms with Crippen LogP contribution in [0.5, 0.6) is 0 Å². The number of halogens is 1. The molecule has 4 N–H and O–H groups in total. The van der Waals surface area contributed by atoms with Crippen LogP contribution in [-0.4, -0.2) is 29.1 Å². The summed E-state index contributed by atoms with van der Waals surface area (Å²) in [4.78, 5) is 22.2. The molecular weight excluding hydrogens is 280 g/mol. The van der Waals surface area contributed by atoms with Crippen LogP contribution in [0, 0.1) is 0 Å². The van der Waals surface area contributed by atoms with Crippen molar-refractivity contribution in [2.45, 2.75) is 38.3 Å². The van der Waals surface area contributed by atoms with Crippen LogP contribution in [0.2, 0.25) is 5.02 Å². The van der Waals surface area contributed by atoms with Gasteiger partial charge in [0.15, 0.2) is 0 Å². The number of carboxylic acids is 1. The second-order valence-corrected chi connectivity index (χ2v) is 5.15. The topological polar surface area (TPSA) is 92.4 Å². The van der Waals surface area contributed by atoms with Crippen molar-refractivity contribution in [1.82, 2.24) is 5.32 Å². The van der Waals surface area contributed by atoms with Crippen LogP contribution >= 0.6 is 11.6 Å². The van der Waals surface area contributed by atoms with E-state index in [0.29, 0.717) is 11.4 Å². The second-order valence-electron chi connectivity index (χ2n) is 4.74. The Bertz CT molecular complexity index is 479. The maximum absolute atomic E-state index is 11.8. The molecule has 0 aliphatic rings. The Kier molecular flexibility index (Phi) is 6.48. The van der Waals surface area contributed by atoms with E-state index < -0.39 is 12.0 Å². The molecule has 0 aliphatic heterocycles. The van der Waals surface area contributed by atoms with Gasteiger partial charge in [-0.2, -0.15) is 0 Å². The highest BCUT2D eigenvalue weighted by molar-refractivity contribution is 6.31. The van der Waals surface area contributed by atoms with Crippen LogP contribution in [0.3, 0.4) is 0 Å². The molecule has 0 radical (unpaired) electrons. The van der Waals surface area contributed by atoms with E-state index in [2.05, 4.69) is 5.32 Å². The second kappa shape index (κ2) is 7.87. The molecule has 5 nitrogen and oxygen atoms in total. The van der Waals surface area contributed by atoms with Crippen LogP contribution in [0.4, 0.5) is 0 Å². The lowest BCUT2D eigenvalue weighted by Crippen LogP contribution is -2.45. The number of nitrogens with two attached hydrogens (primary N) is 1. The first kappa shape index (κ1) is 16.5. The molecule has 1 amide bonds. The molecule has 110 valence electrons. The van der Waals surface area contributed by atoms with Gasteiger partial charge in [-0.05, 0) is 31.4 Å². The normalized spacial score (nSPS) is 13.6. The Hall–Kier alpha value is -1.59. The highest BCUT2D eigenvalue weighted by atomic mass is 35.5. The first-order valence-electron chi connectivity index (χ1n) is 6.41. The number of carbonyl (C=O) groups excluding carboxylic acids is 1. The van der Waals surface area contributed by atoms with Crippen LogP contribution < -0.4 is 11.1 Å². The summed E-state index contributed by atoms with van der Waals surface area (Å²) >= 11 is 6.05. The van der Waals surface area contributed by atoms with Gasteiger partial charge in [0.1, 0.15) is 0 Å². The van der Waals surface area contributed by atoms with Crippen molar-refractivity contribution in [1.29, 1.82) is 0 Å². The fraction of sp³-hybridized carbons (Fsp3) is 0.429. The molecule has 1 aromatic rings. The molecule has 0 spiro atoms. The van der Waals surface area contributed by atoms with E-state index in [1.54, 1.807) is 6.07 Å². The predicted octanol–water partition coefficient (Wildman–Crippen LogP) is 1.58. The van der Waals surface area contributed by atoms with Crippen molar-refractivity contribution in [3.05, 3.63) is 34.9 Å². The summed E-state index contributed by atoms with van der Waals surface area (Å²) in [6.45, 7) is 1.85. The number of rotatable bonds is 7. The van der Waals surface area contributed by atoms with Gasteiger partial charge in [-0.15, -0.1) is 0 Å². The minimum Gasteiger partial charge on any atom is -0.481 e. The highest BCUT2D eigenvalue weighted by Gasteiger charge is 2.17. The van der Waals surface area contributed by atoms with Crippen molar-refractivity contribution in [2.24, 2.45) is 5.73 Å². The number of nitrogens with one attached hydrogen (secondary N) is 1. The molecule has 2 unspecified atom stereocenters. The van der Waals surface area contributed by atoms with E-state index in [1.165, 1.54) is 0 Å². The van der Waals surface area contributed by atoms with E-state index in [1.807, 2.05) is 25.1 Å². The van der Waals surface area contributed by atoms with Crippen molar-refractivity contribution >= 4 is 23.5 Å². The molecule has 2 atom stereocenters. The number of carbonyl (C=O) groups is 2. The lowest BCUT2D eigenvalue weighted by molar-refractivity contribution is -0.137. The molecule has 6 heteroatoms. The Morgan fingerprint density at radius 3 is 2.65 bits per heavy atom. The van der Waals surface area contributed by atoms with E-state index in [-0.39, 0.29) is 24.8 Å². The maximum atomic E-state index is 11.8. The number of aliphatic carboxylic acids is 1. The van der Waals surface area contributed by atoms with Gasteiger partial charge in [0.25, 0.3) is 0 Å².